The van der Waals surface area contributed by atoms with Gasteiger partial charge in [-0.15, -0.1) is 23.2 Å². The van der Waals surface area contributed by atoms with Crippen LogP contribution in [-0.2, 0) is 28.4 Å². The Hall–Kier alpha value is -0.540. The second-order valence-corrected chi connectivity index (χ2v) is 5.06. The summed E-state index contributed by atoms with van der Waals surface area (Å²) in [6.45, 7) is 5.94. The van der Waals surface area contributed by atoms with E-state index in [1.165, 1.54) is 0 Å². The van der Waals surface area contributed by atoms with Crippen LogP contribution in [0.5, 0.6) is 0 Å². The van der Waals surface area contributed by atoms with Crippen LogP contribution in [0, 0.1) is 23.7 Å². The monoisotopic (exact) mass is 410 g/mol. The molecule has 0 atom stereocenters. The van der Waals surface area contributed by atoms with E-state index in [1.807, 2.05) is 0 Å². The van der Waals surface area contributed by atoms with Crippen LogP contribution in [0.25, 0.3) is 0 Å². The molecule has 0 unspecified atom stereocenters. The van der Waals surface area contributed by atoms with Gasteiger partial charge in [0.05, 0.1) is 77.8 Å². The molecule has 0 aromatic carbocycles. The largest absolute Gasteiger partial charge is 0.377 e. The molecule has 8 heteroatoms. The Bertz CT molecular complexity index is 362. The lowest BCUT2D eigenvalue weighted by Crippen LogP contribution is -2.14. The molecule has 0 aliphatic carbocycles. The summed E-state index contributed by atoms with van der Waals surface area (Å²) >= 11 is 10.8. The van der Waals surface area contributed by atoms with Gasteiger partial charge in [0.15, 0.2) is 0 Å². The highest BCUT2D eigenvalue weighted by atomic mass is 35.5. The molecule has 150 valence electrons. The van der Waals surface area contributed by atoms with Crippen molar-refractivity contribution in [2.75, 3.05) is 91.0 Å². The minimum Gasteiger partial charge on any atom is -0.377 e. The van der Waals surface area contributed by atoms with Crippen LogP contribution >= 0.6 is 23.2 Å². The first-order valence-electron chi connectivity index (χ1n) is 8.41. The van der Waals surface area contributed by atoms with Gasteiger partial charge in [-0.1, -0.05) is 23.7 Å². The van der Waals surface area contributed by atoms with Gasteiger partial charge in [-0.3, -0.25) is 0 Å². The molecule has 0 radical (unpaired) electrons. The Morgan fingerprint density at radius 2 is 0.654 bits per heavy atom. The number of halogens is 2. The van der Waals surface area contributed by atoms with E-state index in [2.05, 4.69) is 23.7 Å². The normalized spacial score (nSPS) is 10.1. The topological polar surface area (TPSA) is 55.4 Å². The molecular formula is C18H28Cl2O6. The molecule has 0 aromatic rings. The van der Waals surface area contributed by atoms with Crippen LogP contribution in [-0.4, -0.2) is 91.0 Å². The zero-order valence-electron chi connectivity index (χ0n) is 15.1. The fraction of sp³-hybridized carbons (Fsp3) is 0.778. The Kier molecular flexibility index (Phi) is 24.0. The van der Waals surface area contributed by atoms with Crippen molar-refractivity contribution >= 4 is 23.2 Å². The highest BCUT2D eigenvalue weighted by Crippen LogP contribution is 1.84. The van der Waals surface area contributed by atoms with Crippen molar-refractivity contribution in [1.82, 2.24) is 0 Å². The fourth-order valence-corrected chi connectivity index (χ4v) is 1.63. The summed E-state index contributed by atoms with van der Waals surface area (Å²) < 4.78 is 31.9. The van der Waals surface area contributed by atoms with Crippen molar-refractivity contribution in [3.63, 3.8) is 0 Å². The maximum atomic E-state index is 5.40. The molecule has 0 fully saturated rings. The first kappa shape index (κ1) is 25.5. The van der Waals surface area contributed by atoms with Crippen LogP contribution in [0.1, 0.15) is 0 Å². The van der Waals surface area contributed by atoms with E-state index in [0.717, 1.165) is 0 Å². The number of alkyl halides is 2. The summed E-state index contributed by atoms with van der Waals surface area (Å²) in [5, 5.41) is 0. The van der Waals surface area contributed by atoms with E-state index in [4.69, 9.17) is 51.6 Å². The lowest BCUT2D eigenvalue weighted by atomic mass is 10.6. The lowest BCUT2D eigenvalue weighted by Gasteiger charge is -2.07. The van der Waals surface area contributed by atoms with E-state index in [0.29, 0.717) is 91.0 Å². The average molecular weight is 411 g/mol. The predicted octanol–water partition coefficient (Wildman–Crippen LogP) is 1.57. The van der Waals surface area contributed by atoms with E-state index >= 15 is 0 Å². The Balaban J connectivity index is 3.03. The van der Waals surface area contributed by atoms with Gasteiger partial charge in [0.1, 0.15) is 13.2 Å². The van der Waals surface area contributed by atoms with Gasteiger partial charge in [0.25, 0.3) is 0 Å². The minimum absolute atomic E-state index is 0.328. The summed E-state index contributed by atoms with van der Waals surface area (Å²) in [4.78, 5) is 0. The fourth-order valence-electron chi connectivity index (χ4n) is 1.44. The molecule has 0 aliphatic rings. The van der Waals surface area contributed by atoms with Crippen LogP contribution in [0.3, 0.4) is 0 Å². The summed E-state index contributed by atoms with van der Waals surface area (Å²) in [5.41, 5.74) is 0. The van der Waals surface area contributed by atoms with Crippen molar-refractivity contribution in [3.8, 4) is 23.7 Å². The minimum atomic E-state index is 0.328. The average Bonchev–Trinajstić information content (AvgIpc) is 2.66. The van der Waals surface area contributed by atoms with Gasteiger partial charge in [-0.25, -0.2) is 0 Å². The first-order chi connectivity index (χ1) is 12.9. The predicted molar refractivity (Wildman–Crippen MR) is 102 cm³/mol. The van der Waals surface area contributed by atoms with E-state index < -0.39 is 0 Å². The molecule has 0 amide bonds. The van der Waals surface area contributed by atoms with Gasteiger partial charge in [0.2, 0.25) is 0 Å². The Labute approximate surface area is 166 Å². The third-order valence-electron chi connectivity index (χ3n) is 2.59. The number of hydrogen-bond donors (Lipinski definition) is 0. The van der Waals surface area contributed by atoms with Crippen molar-refractivity contribution in [2.24, 2.45) is 0 Å². The molecule has 26 heavy (non-hydrogen) atoms. The maximum absolute atomic E-state index is 5.40. The van der Waals surface area contributed by atoms with E-state index in [-0.39, 0.29) is 0 Å². The van der Waals surface area contributed by atoms with Crippen molar-refractivity contribution < 1.29 is 28.4 Å². The second-order valence-electron chi connectivity index (χ2n) is 4.53. The van der Waals surface area contributed by atoms with Crippen LogP contribution < -0.4 is 0 Å². The summed E-state index contributed by atoms with van der Waals surface area (Å²) in [7, 11) is 0. The zero-order valence-corrected chi connectivity index (χ0v) is 16.6. The van der Waals surface area contributed by atoms with E-state index in [9.17, 15) is 0 Å². The SMILES string of the molecule is ClCC#CCOCCOCCOCCOCCOCCOCC#CCCl. The van der Waals surface area contributed by atoms with Crippen LogP contribution in [0.15, 0.2) is 0 Å². The summed E-state index contributed by atoms with van der Waals surface area (Å²) in [6.07, 6.45) is 0. The smallest absolute Gasteiger partial charge is 0.107 e. The number of ether oxygens (including phenoxy) is 6. The summed E-state index contributed by atoms with van der Waals surface area (Å²) in [5.74, 6) is 11.6. The Morgan fingerprint density at radius 3 is 0.923 bits per heavy atom. The standard InChI is InChI=1S/C18H28Cl2O6/c19-5-1-3-7-21-9-11-23-13-15-25-17-18-26-16-14-24-12-10-22-8-4-2-6-20/h5-18H2. The molecule has 0 bridgehead atoms. The molecule has 0 heterocycles. The third-order valence-corrected chi connectivity index (χ3v) is 2.86. The highest BCUT2D eigenvalue weighted by molar-refractivity contribution is 6.19. The number of hydrogen-bond acceptors (Lipinski definition) is 6. The molecule has 0 spiro atoms. The second kappa shape index (κ2) is 24.5. The summed E-state index contributed by atoms with van der Waals surface area (Å²) in [6, 6.07) is 0. The van der Waals surface area contributed by atoms with Crippen molar-refractivity contribution in [1.29, 1.82) is 0 Å². The van der Waals surface area contributed by atoms with Gasteiger partial charge in [0, 0.05) is 0 Å². The Morgan fingerprint density at radius 1 is 0.385 bits per heavy atom. The third kappa shape index (κ3) is 23.5. The van der Waals surface area contributed by atoms with Crippen LogP contribution in [0.2, 0.25) is 0 Å². The molecule has 0 rings (SSSR count). The van der Waals surface area contributed by atoms with Crippen molar-refractivity contribution in [2.45, 2.75) is 0 Å². The number of rotatable bonds is 17. The van der Waals surface area contributed by atoms with E-state index in [1.54, 1.807) is 0 Å². The zero-order chi connectivity index (χ0) is 19.0. The van der Waals surface area contributed by atoms with Gasteiger partial charge >= 0.3 is 0 Å². The quantitative estimate of drug-likeness (QED) is 0.206. The molecule has 0 aliphatic heterocycles. The molecule has 0 saturated heterocycles. The molecular weight excluding hydrogens is 383 g/mol. The van der Waals surface area contributed by atoms with Crippen LogP contribution in [0.4, 0.5) is 0 Å². The van der Waals surface area contributed by atoms with Crippen molar-refractivity contribution in [3.05, 3.63) is 0 Å². The molecule has 0 saturated carbocycles. The molecule has 0 aromatic heterocycles. The maximum Gasteiger partial charge on any atom is 0.107 e. The molecule has 6 nitrogen and oxygen atoms in total. The van der Waals surface area contributed by atoms with Gasteiger partial charge in [-0.2, -0.15) is 0 Å². The molecule has 0 N–H and O–H groups in total. The van der Waals surface area contributed by atoms with Gasteiger partial charge in [-0.05, 0) is 0 Å². The first-order valence-corrected chi connectivity index (χ1v) is 9.48. The lowest BCUT2D eigenvalue weighted by molar-refractivity contribution is -0.0142. The highest BCUT2D eigenvalue weighted by Gasteiger charge is 1.93. The van der Waals surface area contributed by atoms with Gasteiger partial charge < -0.3 is 28.4 Å².